The van der Waals surface area contributed by atoms with E-state index in [4.69, 9.17) is 4.74 Å². The number of nitrogens with zero attached hydrogens (tertiary/aromatic N) is 2. The van der Waals surface area contributed by atoms with Gasteiger partial charge in [-0.2, -0.15) is 18.3 Å². The lowest BCUT2D eigenvalue weighted by atomic mass is 10.1. The summed E-state index contributed by atoms with van der Waals surface area (Å²) in [6.45, 7) is 0.00905. The second-order valence-corrected chi connectivity index (χ2v) is 7.66. The van der Waals surface area contributed by atoms with Gasteiger partial charge in [0.1, 0.15) is 12.4 Å². The van der Waals surface area contributed by atoms with Crippen LogP contribution in [0.4, 0.5) is 18.3 Å². The Balaban J connectivity index is 1.41. The number of halogens is 3. The zero-order valence-corrected chi connectivity index (χ0v) is 17.5. The number of nitrogens with one attached hydrogen (secondary N) is 1. The molecular weight excluding hydrogens is 435 g/mol. The van der Waals surface area contributed by atoms with Crippen molar-refractivity contribution in [2.75, 3.05) is 5.43 Å². The molecule has 32 heavy (non-hydrogen) atoms. The summed E-state index contributed by atoms with van der Waals surface area (Å²) in [5.41, 5.74) is 5.21. The van der Waals surface area contributed by atoms with Crippen molar-refractivity contribution in [3.05, 3.63) is 101 Å². The molecule has 0 aliphatic carbocycles. The van der Waals surface area contributed by atoms with Gasteiger partial charge >= 0.3 is 6.18 Å². The number of alkyl halides is 3. The van der Waals surface area contributed by atoms with Gasteiger partial charge in [0.2, 0.25) is 5.13 Å². The molecule has 4 aromatic rings. The highest BCUT2D eigenvalue weighted by molar-refractivity contribution is 7.14. The van der Waals surface area contributed by atoms with Gasteiger partial charge in [-0.3, -0.25) is 5.43 Å². The zero-order chi connectivity index (χ0) is 22.4. The molecule has 1 heterocycles. The second kappa shape index (κ2) is 9.65. The third-order valence-electron chi connectivity index (χ3n) is 4.51. The van der Waals surface area contributed by atoms with Crippen LogP contribution < -0.4 is 10.2 Å². The number of para-hydroxylation sites is 1. The normalized spacial score (nSPS) is 11.6. The monoisotopic (exact) mass is 453 g/mol. The molecule has 0 aliphatic rings. The van der Waals surface area contributed by atoms with Gasteiger partial charge in [-0.05, 0) is 29.8 Å². The third-order valence-corrected chi connectivity index (χ3v) is 5.25. The summed E-state index contributed by atoms with van der Waals surface area (Å²) in [5, 5.41) is 6.81. The lowest BCUT2D eigenvalue weighted by molar-refractivity contribution is -0.137. The Labute approximate surface area is 187 Å². The molecule has 3 aromatic carbocycles. The fourth-order valence-corrected chi connectivity index (χ4v) is 3.61. The van der Waals surface area contributed by atoms with Gasteiger partial charge in [-0.25, -0.2) is 4.98 Å². The number of aromatic nitrogens is 1. The molecule has 0 saturated carbocycles. The van der Waals surface area contributed by atoms with Crippen molar-refractivity contribution in [3.63, 3.8) is 0 Å². The number of rotatable bonds is 7. The van der Waals surface area contributed by atoms with Crippen LogP contribution in [0.5, 0.6) is 5.75 Å². The smallest absolute Gasteiger partial charge is 0.416 e. The lowest BCUT2D eigenvalue weighted by Gasteiger charge is -2.11. The van der Waals surface area contributed by atoms with E-state index in [2.05, 4.69) is 15.5 Å². The maximum atomic E-state index is 12.9. The Bertz CT molecular complexity index is 1210. The molecule has 0 radical (unpaired) electrons. The minimum atomic E-state index is -4.39. The third kappa shape index (κ3) is 5.53. The molecule has 0 amide bonds. The Morgan fingerprint density at radius 2 is 1.75 bits per heavy atom. The second-order valence-electron chi connectivity index (χ2n) is 6.80. The van der Waals surface area contributed by atoms with E-state index >= 15 is 0 Å². The molecule has 8 heteroatoms. The summed E-state index contributed by atoms with van der Waals surface area (Å²) in [7, 11) is 0. The highest BCUT2D eigenvalue weighted by Gasteiger charge is 2.30. The van der Waals surface area contributed by atoms with Crippen molar-refractivity contribution in [1.82, 2.24) is 4.98 Å². The first-order chi connectivity index (χ1) is 15.5. The van der Waals surface area contributed by atoms with Gasteiger partial charge < -0.3 is 4.74 Å². The van der Waals surface area contributed by atoms with Gasteiger partial charge in [-0.15, -0.1) is 11.3 Å². The first-order valence-corrected chi connectivity index (χ1v) is 10.5. The highest BCUT2D eigenvalue weighted by Crippen LogP contribution is 2.30. The van der Waals surface area contributed by atoms with Crippen LogP contribution in [0, 0.1) is 0 Å². The molecule has 1 N–H and O–H groups in total. The molecule has 162 valence electrons. The van der Waals surface area contributed by atoms with Crippen LogP contribution >= 0.6 is 11.3 Å². The fraction of sp³-hybridized carbons (Fsp3) is 0.0833. The summed E-state index contributed by atoms with van der Waals surface area (Å²) in [5.74, 6) is 0.513. The molecule has 0 bridgehead atoms. The number of hydrogen-bond acceptors (Lipinski definition) is 5. The summed E-state index contributed by atoms with van der Waals surface area (Å²) in [6, 6.07) is 22.1. The Morgan fingerprint density at radius 3 is 2.56 bits per heavy atom. The highest BCUT2D eigenvalue weighted by atomic mass is 32.1. The summed E-state index contributed by atoms with van der Waals surface area (Å²) < 4.78 is 44.5. The van der Waals surface area contributed by atoms with Crippen molar-refractivity contribution in [2.45, 2.75) is 12.8 Å². The molecule has 0 fully saturated rings. The number of hydrogen-bond donors (Lipinski definition) is 1. The Hall–Kier alpha value is -3.65. The minimum Gasteiger partial charge on any atom is -0.488 e. The zero-order valence-electron chi connectivity index (χ0n) is 16.7. The van der Waals surface area contributed by atoms with Crippen LogP contribution in [-0.4, -0.2) is 11.2 Å². The van der Waals surface area contributed by atoms with Gasteiger partial charge in [0.25, 0.3) is 0 Å². The maximum absolute atomic E-state index is 12.9. The fourth-order valence-electron chi connectivity index (χ4n) is 2.94. The largest absolute Gasteiger partial charge is 0.488 e. The van der Waals surface area contributed by atoms with E-state index in [0.717, 1.165) is 23.4 Å². The number of benzene rings is 3. The predicted octanol–water partition coefficient (Wildman–Crippen LogP) is 6.85. The van der Waals surface area contributed by atoms with Crippen LogP contribution in [0.2, 0.25) is 0 Å². The number of hydrazone groups is 1. The number of thiazole rings is 1. The quantitative estimate of drug-likeness (QED) is 0.246. The van der Waals surface area contributed by atoms with E-state index in [-0.39, 0.29) is 6.61 Å². The summed E-state index contributed by atoms with van der Waals surface area (Å²) in [4.78, 5) is 4.51. The SMILES string of the molecule is FC(F)(F)c1cccc(COc2ccccc2C=NNc2nc(-c3ccccc3)cs2)c1. The van der Waals surface area contributed by atoms with Crippen molar-refractivity contribution in [2.24, 2.45) is 5.10 Å². The van der Waals surface area contributed by atoms with Gasteiger partial charge in [0, 0.05) is 16.5 Å². The van der Waals surface area contributed by atoms with E-state index in [0.29, 0.717) is 22.0 Å². The Kier molecular flexibility index (Phi) is 6.51. The summed E-state index contributed by atoms with van der Waals surface area (Å²) >= 11 is 1.44. The molecule has 0 spiro atoms. The van der Waals surface area contributed by atoms with Crippen molar-refractivity contribution < 1.29 is 17.9 Å². The molecule has 0 aliphatic heterocycles. The van der Waals surface area contributed by atoms with Crippen LogP contribution in [0.1, 0.15) is 16.7 Å². The van der Waals surface area contributed by atoms with Crippen LogP contribution in [0.25, 0.3) is 11.3 Å². The van der Waals surface area contributed by atoms with Gasteiger partial charge in [0.05, 0.1) is 17.5 Å². The number of anilines is 1. The van der Waals surface area contributed by atoms with Gasteiger partial charge in [-0.1, -0.05) is 54.6 Å². The molecule has 4 nitrogen and oxygen atoms in total. The summed E-state index contributed by atoms with van der Waals surface area (Å²) in [6.07, 6.45) is -2.80. The number of ether oxygens (including phenoxy) is 1. The van der Waals surface area contributed by atoms with Crippen LogP contribution in [-0.2, 0) is 12.8 Å². The van der Waals surface area contributed by atoms with E-state index in [1.54, 1.807) is 24.4 Å². The van der Waals surface area contributed by atoms with E-state index < -0.39 is 11.7 Å². The molecule has 0 saturated heterocycles. The van der Waals surface area contributed by atoms with Crippen LogP contribution in [0.15, 0.2) is 89.3 Å². The molecular formula is C24H18F3N3OS. The van der Waals surface area contributed by atoms with E-state index in [1.165, 1.54) is 17.4 Å². The van der Waals surface area contributed by atoms with E-state index in [1.807, 2.05) is 47.8 Å². The van der Waals surface area contributed by atoms with E-state index in [9.17, 15) is 13.2 Å². The molecule has 4 rings (SSSR count). The topological polar surface area (TPSA) is 46.5 Å². The lowest BCUT2D eigenvalue weighted by Crippen LogP contribution is -2.06. The first-order valence-electron chi connectivity index (χ1n) is 9.67. The Morgan fingerprint density at radius 1 is 0.969 bits per heavy atom. The average Bonchev–Trinajstić information content (AvgIpc) is 3.28. The average molecular weight is 453 g/mol. The first kappa shape index (κ1) is 21.6. The predicted molar refractivity (Wildman–Crippen MR) is 121 cm³/mol. The minimum absolute atomic E-state index is 0.00905. The molecule has 0 unspecified atom stereocenters. The van der Waals surface area contributed by atoms with Crippen LogP contribution in [0.3, 0.4) is 0 Å². The van der Waals surface area contributed by atoms with Crippen molar-refractivity contribution in [3.8, 4) is 17.0 Å². The standard InChI is InChI=1S/C24H18F3N3OS/c25-24(26,27)20-11-6-7-17(13-20)15-31-22-12-5-4-10-19(22)14-28-30-23-29-21(16-32-23)18-8-2-1-3-9-18/h1-14,16H,15H2,(H,29,30). The van der Waals surface area contributed by atoms with Crippen molar-refractivity contribution in [1.29, 1.82) is 0 Å². The molecule has 0 atom stereocenters. The van der Waals surface area contributed by atoms with Gasteiger partial charge in [0.15, 0.2) is 0 Å². The molecule has 1 aromatic heterocycles. The van der Waals surface area contributed by atoms with Crippen molar-refractivity contribution >= 4 is 22.7 Å². The maximum Gasteiger partial charge on any atom is 0.416 e.